The number of ether oxygens (including phenoxy) is 1. The minimum atomic E-state index is -4.46. The van der Waals surface area contributed by atoms with Gasteiger partial charge < -0.3 is 4.74 Å². The molecule has 0 N–H and O–H groups in total. The quantitative estimate of drug-likeness (QED) is 0.841. The van der Waals surface area contributed by atoms with Crippen molar-refractivity contribution in [2.75, 3.05) is 7.11 Å². The van der Waals surface area contributed by atoms with E-state index in [2.05, 4.69) is 4.98 Å². The van der Waals surface area contributed by atoms with Gasteiger partial charge in [0.1, 0.15) is 9.77 Å². The second-order valence-corrected chi connectivity index (χ2v) is 5.52. The number of pyridine rings is 1. The van der Waals surface area contributed by atoms with Gasteiger partial charge in [-0.05, 0) is 18.9 Å². The first-order valence-corrected chi connectivity index (χ1v) is 6.05. The van der Waals surface area contributed by atoms with E-state index in [1.807, 2.05) is 0 Å². The predicted molar refractivity (Wildman–Crippen MR) is 55.2 cm³/mol. The number of hydrogen-bond acceptors (Lipinski definition) is 3. The molecule has 1 atom stereocenters. The summed E-state index contributed by atoms with van der Waals surface area (Å²) in [6, 6.07) is 4.30. The van der Waals surface area contributed by atoms with Gasteiger partial charge in [-0.1, -0.05) is 6.07 Å². The van der Waals surface area contributed by atoms with Crippen molar-refractivity contribution in [3.8, 4) is 5.88 Å². The van der Waals surface area contributed by atoms with Crippen LogP contribution < -0.4 is 4.74 Å². The first-order valence-electron chi connectivity index (χ1n) is 4.90. The molecule has 1 aromatic rings. The lowest BCUT2D eigenvalue weighted by atomic mass is 10.4. The second kappa shape index (κ2) is 3.97. The van der Waals surface area contributed by atoms with E-state index in [4.69, 9.17) is 4.74 Å². The lowest BCUT2D eigenvalue weighted by molar-refractivity contribution is -0.136. The van der Waals surface area contributed by atoms with Gasteiger partial charge in [-0.25, -0.2) is 4.98 Å². The third kappa shape index (κ3) is 2.03. The Labute approximate surface area is 98.5 Å². The zero-order chi connectivity index (χ0) is 12.7. The average molecular weight is 265 g/mol. The molecular weight excluding hydrogens is 255 g/mol. The summed E-state index contributed by atoms with van der Waals surface area (Å²) >= 11 is 0. The Morgan fingerprint density at radius 2 is 2.06 bits per heavy atom. The fraction of sp³-hybridized carbons (Fsp3) is 0.500. The van der Waals surface area contributed by atoms with Crippen LogP contribution in [0.3, 0.4) is 0 Å². The Balaban J connectivity index is 2.32. The van der Waals surface area contributed by atoms with Crippen LogP contribution in [0.5, 0.6) is 5.88 Å². The van der Waals surface area contributed by atoms with E-state index in [9.17, 15) is 17.4 Å². The minimum Gasteiger partial charge on any atom is -0.481 e. The monoisotopic (exact) mass is 265 g/mol. The van der Waals surface area contributed by atoms with Crippen LogP contribution in [0.1, 0.15) is 12.8 Å². The van der Waals surface area contributed by atoms with Gasteiger partial charge in [0.15, 0.2) is 0 Å². The fourth-order valence-electron chi connectivity index (χ4n) is 1.50. The Morgan fingerprint density at radius 3 is 2.53 bits per heavy atom. The zero-order valence-electron chi connectivity index (χ0n) is 8.95. The van der Waals surface area contributed by atoms with E-state index in [0.717, 1.165) is 0 Å². The summed E-state index contributed by atoms with van der Waals surface area (Å²) < 4.78 is 52.9. The summed E-state index contributed by atoms with van der Waals surface area (Å²) in [6.07, 6.45) is -4.67. The maximum Gasteiger partial charge on any atom is 0.406 e. The molecule has 0 saturated heterocycles. The normalized spacial score (nSPS) is 19.8. The summed E-state index contributed by atoms with van der Waals surface area (Å²) in [6.45, 7) is 0. The molecule has 0 aliphatic heterocycles. The predicted octanol–water partition coefficient (Wildman–Crippen LogP) is 2.29. The number of alkyl halides is 3. The molecule has 1 unspecified atom stereocenters. The van der Waals surface area contributed by atoms with Crippen LogP contribution in [0, 0.1) is 0 Å². The molecule has 1 aliphatic rings. The van der Waals surface area contributed by atoms with Crippen molar-refractivity contribution in [3.05, 3.63) is 18.2 Å². The van der Waals surface area contributed by atoms with Crippen LogP contribution in [0.15, 0.2) is 23.2 Å². The Hall–Kier alpha value is -1.11. The van der Waals surface area contributed by atoms with Crippen molar-refractivity contribution in [1.29, 1.82) is 0 Å². The van der Waals surface area contributed by atoms with Gasteiger partial charge in [0, 0.05) is 6.07 Å². The van der Waals surface area contributed by atoms with Crippen LogP contribution in [-0.2, 0) is 10.8 Å². The topological polar surface area (TPSA) is 39.2 Å². The third-order valence-electron chi connectivity index (χ3n) is 2.67. The summed E-state index contributed by atoms with van der Waals surface area (Å²) in [4.78, 5) is 3.79. The van der Waals surface area contributed by atoms with E-state index >= 15 is 0 Å². The smallest absolute Gasteiger partial charge is 0.406 e. The Bertz CT molecular complexity index is 457. The van der Waals surface area contributed by atoms with Crippen LogP contribution in [0.25, 0.3) is 0 Å². The maximum absolute atomic E-state index is 12.8. The molecule has 0 aromatic carbocycles. The van der Waals surface area contributed by atoms with Crippen LogP contribution in [0.4, 0.5) is 13.2 Å². The molecule has 0 radical (unpaired) electrons. The second-order valence-electron chi connectivity index (χ2n) is 3.78. The fourth-order valence-corrected chi connectivity index (χ4v) is 2.96. The van der Waals surface area contributed by atoms with Crippen LogP contribution >= 0.6 is 0 Å². The molecule has 0 amide bonds. The third-order valence-corrected chi connectivity index (χ3v) is 4.63. The molecule has 1 saturated carbocycles. The lowest BCUT2D eigenvalue weighted by Gasteiger charge is -2.18. The van der Waals surface area contributed by atoms with Crippen molar-refractivity contribution >= 4 is 10.8 Å². The molecule has 1 aromatic heterocycles. The first kappa shape index (κ1) is 12.3. The molecule has 0 bridgehead atoms. The highest BCUT2D eigenvalue weighted by molar-refractivity contribution is 7.86. The van der Waals surface area contributed by atoms with E-state index in [0.29, 0.717) is 0 Å². The van der Waals surface area contributed by atoms with Crippen molar-refractivity contribution in [2.24, 2.45) is 0 Å². The minimum absolute atomic E-state index is 0.0841. The largest absolute Gasteiger partial charge is 0.481 e. The van der Waals surface area contributed by atoms with Gasteiger partial charge in [-0.2, -0.15) is 13.2 Å². The van der Waals surface area contributed by atoms with Crippen LogP contribution in [-0.4, -0.2) is 27.2 Å². The highest BCUT2D eigenvalue weighted by atomic mass is 32.2. The van der Waals surface area contributed by atoms with Gasteiger partial charge in [-0.3, -0.25) is 4.21 Å². The summed E-state index contributed by atoms with van der Waals surface area (Å²) in [7, 11) is -0.827. The van der Waals surface area contributed by atoms with Crippen molar-refractivity contribution in [1.82, 2.24) is 4.98 Å². The summed E-state index contributed by atoms with van der Waals surface area (Å²) in [5.74, 6) is 0.161. The Kier molecular flexibility index (Phi) is 2.89. The van der Waals surface area contributed by atoms with Gasteiger partial charge in [-0.15, -0.1) is 0 Å². The molecule has 0 spiro atoms. The summed E-state index contributed by atoms with van der Waals surface area (Å²) in [5.41, 5.74) is 0. The van der Waals surface area contributed by atoms with E-state index in [1.54, 1.807) is 0 Å². The van der Waals surface area contributed by atoms with E-state index in [1.165, 1.54) is 25.3 Å². The number of rotatable bonds is 3. The number of hydrogen-bond donors (Lipinski definition) is 0. The molecule has 1 aliphatic carbocycles. The highest BCUT2D eigenvalue weighted by Crippen LogP contribution is 2.55. The standard InChI is InChI=1S/C10H10F3NO2S/c1-16-7-3-2-4-8(14-7)17(15)9(5-6-9)10(11,12)13/h2-4H,5-6H2,1H3. The zero-order valence-corrected chi connectivity index (χ0v) is 9.77. The SMILES string of the molecule is COc1cccc(S(=O)C2(C(F)(F)F)CC2)n1. The average Bonchev–Trinajstić information content (AvgIpc) is 3.08. The highest BCUT2D eigenvalue weighted by Gasteiger charge is 2.68. The lowest BCUT2D eigenvalue weighted by Crippen LogP contribution is -2.35. The Morgan fingerprint density at radius 1 is 1.41 bits per heavy atom. The molecule has 1 heterocycles. The number of halogens is 3. The maximum atomic E-state index is 12.8. The van der Waals surface area contributed by atoms with Gasteiger partial charge in [0.2, 0.25) is 5.88 Å². The molecule has 7 heteroatoms. The van der Waals surface area contributed by atoms with Crippen molar-refractivity contribution in [2.45, 2.75) is 28.8 Å². The van der Waals surface area contributed by atoms with Gasteiger partial charge >= 0.3 is 6.18 Å². The van der Waals surface area contributed by atoms with E-state index in [-0.39, 0.29) is 23.7 Å². The summed E-state index contributed by atoms with van der Waals surface area (Å²) in [5, 5.41) is -0.0841. The first-order chi connectivity index (χ1) is 7.90. The molecule has 2 rings (SSSR count). The van der Waals surface area contributed by atoms with E-state index < -0.39 is 21.7 Å². The van der Waals surface area contributed by atoms with Gasteiger partial charge in [0.25, 0.3) is 0 Å². The van der Waals surface area contributed by atoms with Crippen molar-refractivity contribution < 1.29 is 22.1 Å². The molecule has 94 valence electrons. The molecule has 3 nitrogen and oxygen atoms in total. The van der Waals surface area contributed by atoms with Gasteiger partial charge in [0.05, 0.1) is 17.9 Å². The van der Waals surface area contributed by atoms with Crippen molar-refractivity contribution in [3.63, 3.8) is 0 Å². The molecule has 1 fully saturated rings. The molecule has 17 heavy (non-hydrogen) atoms. The number of methoxy groups -OCH3 is 1. The van der Waals surface area contributed by atoms with Crippen LogP contribution in [0.2, 0.25) is 0 Å². The number of nitrogens with zero attached hydrogens (tertiary/aromatic N) is 1. The molecular formula is C10H10F3NO2S. The number of aromatic nitrogens is 1.